The molecular weight excluding hydrogens is 248 g/mol. The summed E-state index contributed by atoms with van der Waals surface area (Å²) in [6.45, 7) is 1.99. The molecule has 1 heterocycles. The van der Waals surface area contributed by atoms with Gasteiger partial charge >= 0.3 is 0 Å². The van der Waals surface area contributed by atoms with Gasteiger partial charge in [0.1, 0.15) is 6.07 Å². The summed E-state index contributed by atoms with van der Waals surface area (Å²) in [7, 11) is 0. The van der Waals surface area contributed by atoms with Crippen LogP contribution in [0.3, 0.4) is 0 Å². The van der Waals surface area contributed by atoms with Crippen molar-refractivity contribution in [2.24, 2.45) is 0 Å². The van der Waals surface area contributed by atoms with Crippen molar-refractivity contribution in [3.8, 4) is 6.07 Å². The third-order valence-electron chi connectivity index (χ3n) is 2.56. The lowest BCUT2D eigenvalue weighted by molar-refractivity contribution is 0.859. The summed E-state index contributed by atoms with van der Waals surface area (Å²) in [5.74, 6) is 0.488. The smallest absolute Gasteiger partial charge is 0.167 e. The van der Waals surface area contributed by atoms with E-state index in [4.69, 9.17) is 16.9 Å². The summed E-state index contributed by atoms with van der Waals surface area (Å²) in [5.41, 5.74) is 1.54. The van der Waals surface area contributed by atoms with E-state index in [-0.39, 0.29) is 6.04 Å². The van der Waals surface area contributed by atoms with E-state index < -0.39 is 0 Å². The van der Waals surface area contributed by atoms with E-state index in [0.717, 1.165) is 5.56 Å². The molecule has 0 saturated heterocycles. The van der Waals surface area contributed by atoms with Crippen LogP contribution in [0.5, 0.6) is 0 Å². The van der Waals surface area contributed by atoms with Crippen LogP contribution in [0.1, 0.15) is 24.1 Å². The zero-order valence-electron chi connectivity index (χ0n) is 9.76. The van der Waals surface area contributed by atoms with Crippen LogP contribution in [0.15, 0.2) is 36.5 Å². The van der Waals surface area contributed by atoms with Gasteiger partial charge in [-0.3, -0.25) is 0 Å². The maximum Gasteiger partial charge on any atom is 0.167 e. The number of rotatable bonds is 3. The van der Waals surface area contributed by atoms with Crippen molar-refractivity contribution >= 4 is 17.4 Å². The number of benzene rings is 1. The minimum atomic E-state index is 0.0195. The fraction of sp³-hybridized carbons (Fsp3) is 0.154. The molecule has 0 radical (unpaired) electrons. The van der Waals surface area contributed by atoms with Gasteiger partial charge < -0.3 is 5.32 Å². The molecule has 1 atom stereocenters. The summed E-state index contributed by atoms with van der Waals surface area (Å²) < 4.78 is 0. The van der Waals surface area contributed by atoms with Crippen LogP contribution in [-0.2, 0) is 0 Å². The molecule has 18 heavy (non-hydrogen) atoms. The standard InChI is InChI=1S/C13H11ClN4/c1-9(10-2-4-12(14)5-3-10)17-13-11(8-15)6-7-16-18-13/h2-7,9H,1H3,(H,17,18). The summed E-state index contributed by atoms with van der Waals surface area (Å²) in [4.78, 5) is 0. The van der Waals surface area contributed by atoms with Gasteiger partial charge in [-0.15, -0.1) is 5.10 Å². The van der Waals surface area contributed by atoms with Crippen molar-refractivity contribution in [1.82, 2.24) is 10.2 Å². The number of halogens is 1. The van der Waals surface area contributed by atoms with Gasteiger partial charge in [0, 0.05) is 5.02 Å². The number of nitrogens with zero attached hydrogens (tertiary/aromatic N) is 3. The van der Waals surface area contributed by atoms with E-state index in [1.54, 1.807) is 6.07 Å². The molecule has 0 saturated carbocycles. The fourth-order valence-electron chi connectivity index (χ4n) is 1.57. The third kappa shape index (κ3) is 2.76. The molecule has 0 spiro atoms. The molecule has 0 fully saturated rings. The largest absolute Gasteiger partial charge is 0.361 e. The zero-order valence-corrected chi connectivity index (χ0v) is 10.5. The fourth-order valence-corrected chi connectivity index (χ4v) is 1.69. The van der Waals surface area contributed by atoms with Crippen LogP contribution >= 0.6 is 11.6 Å². The number of aromatic nitrogens is 2. The van der Waals surface area contributed by atoms with Crippen molar-refractivity contribution in [2.75, 3.05) is 5.32 Å². The van der Waals surface area contributed by atoms with Gasteiger partial charge in [-0.25, -0.2) is 0 Å². The zero-order chi connectivity index (χ0) is 13.0. The van der Waals surface area contributed by atoms with Gasteiger partial charge in [-0.1, -0.05) is 23.7 Å². The Balaban J connectivity index is 2.19. The number of nitriles is 1. The SMILES string of the molecule is CC(Nc1nnccc1C#N)c1ccc(Cl)cc1. The van der Waals surface area contributed by atoms with Gasteiger partial charge in [0.25, 0.3) is 0 Å². The average Bonchev–Trinajstić information content (AvgIpc) is 2.40. The number of anilines is 1. The highest BCUT2D eigenvalue weighted by atomic mass is 35.5. The van der Waals surface area contributed by atoms with E-state index in [9.17, 15) is 0 Å². The van der Waals surface area contributed by atoms with Crippen LogP contribution in [0.4, 0.5) is 5.82 Å². The Bertz CT molecular complexity index is 574. The molecule has 0 aliphatic carbocycles. The molecule has 1 aromatic heterocycles. The lowest BCUT2D eigenvalue weighted by Crippen LogP contribution is -2.09. The van der Waals surface area contributed by atoms with Crippen molar-refractivity contribution in [2.45, 2.75) is 13.0 Å². The molecule has 90 valence electrons. The van der Waals surface area contributed by atoms with Gasteiger partial charge in [0.05, 0.1) is 17.8 Å². The van der Waals surface area contributed by atoms with E-state index >= 15 is 0 Å². The van der Waals surface area contributed by atoms with Crippen LogP contribution in [0.25, 0.3) is 0 Å². The monoisotopic (exact) mass is 258 g/mol. The Hall–Kier alpha value is -2.12. The van der Waals surface area contributed by atoms with E-state index in [1.165, 1.54) is 6.20 Å². The first-order chi connectivity index (χ1) is 8.70. The maximum absolute atomic E-state index is 8.96. The van der Waals surface area contributed by atoms with E-state index in [1.807, 2.05) is 31.2 Å². The quantitative estimate of drug-likeness (QED) is 0.919. The van der Waals surface area contributed by atoms with Crippen molar-refractivity contribution in [3.05, 3.63) is 52.7 Å². The Morgan fingerprint density at radius 1 is 1.28 bits per heavy atom. The molecule has 1 unspecified atom stereocenters. The van der Waals surface area contributed by atoms with Crippen LogP contribution < -0.4 is 5.32 Å². The molecule has 0 amide bonds. The second-order valence-corrected chi connectivity index (χ2v) is 4.26. The Kier molecular flexibility index (Phi) is 3.75. The molecule has 5 heteroatoms. The van der Waals surface area contributed by atoms with Crippen molar-refractivity contribution in [1.29, 1.82) is 5.26 Å². The Labute approximate surface area is 110 Å². The molecule has 2 aromatic rings. The second-order valence-electron chi connectivity index (χ2n) is 3.82. The van der Waals surface area contributed by atoms with Gasteiger partial charge in [-0.05, 0) is 30.7 Å². The Morgan fingerprint density at radius 3 is 2.67 bits per heavy atom. The first kappa shape index (κ1) is 12.3. The van der Waals surface area contributed by atoms with E-state index in [0.29, 0.717) is 16.4 Å². The van der Waals surface area contributed by atoms with Gasteiger partial charge in [-0.2, -0.15) is 10.4 Å². The van der Waals surface area contributed by atoms with Crippen LogP contribution in [0.2, 0.25) is 5.02 Å². The molecular formula is C13H11ClN4. The average molecular weight is 259 g/mol. The maximum atomic E-state index is 8.96. The summed E-state index contributed by atoms with van der Waals surface area (Å²) >= 11 is 5.84. The summed E-state index contributed by atoms with van der Waals surface area (Å²) in [6.07, 6.45) is 1.50. The third-order valence-corrected chi connectivity index (χ3v) is 2.82. The topological polar surface area (TPSA) is 61.6 Å². The molecule has 1 aromatic carbocycles. The van der Waals surface area contributed by atoms with Crippen molar-refractivity contribution < 1.29 is 0 Å². The first-order valence-corrected chi connectivity index (χ1v) is 5.82. The van der Waals surface area contributed by atoms with Gasteiger partial charge in [0.2, 0.25) is 0 Å². The Morgan fingerprint density at radius 2 is 2.00 bits per heavy atom. The highest BCUT2D eigenvalue weighted by Gasteiger charge is 2.09. The lowest BCUT2D eigenvalue weighted by atomic mass is 10.1. The predicted octanol–water partition coefficient (Wildman–Crippen LogP) is 3.17. The molecule has 2 rings (SSSR count). The predicted molar refractivity (Wildman–Crippen MR) is 70.2 cm³/mol. The molecule has 0 aliphatic heterocycles. The minimum absolute atomic E-state index is 0.0195. The highest BCUT2D eigenvalue weighted by Crippen LogP contribution is 2.21. The van der Waals surface area contributed by atoms with Crippen LogP contribution in [0, 0.1) is 11.3 Å². The minimum Gasteiger partial charge on any atom is -0.361 e. The van der Waals surface area contributed by atoms with Gasteiger partial charge in [0.15, 0.2) is 5.82 Å². The van der Waals surface area contributed by atoms with Crippen molar-refractivity contribution in [3.63, 3.8) is 0 Å². The van der Waals surface area contributed by atoms with Crippen LogP contribution in [-0.4, -0.2) is 10.2 Å². The molecule has 4 nitrogen and oxygen atoms in total. The summed E-state index contributed by atoms with van der Waals surface area (Å²) in [6, 6.07) is 11.3. The number of hydrogen-bond acceptors (Lipinski definition) is 4. The lowest BCUT2D eigenvalue weighted by Gasteiger charge is -2.15. The number of hydrogen-bond donors (Lipinski definition) is 1. The highest BCUT2D eigenvalue weighted by molar-refractivity contribution is 6.30. The normalized spacial score (nSPS) is 11.6. The summed E-state index contributed by atoms with van der Waals surface area (Å²) in [5, 5.41) is 20.5. The molecule has 1 N–H and O–H groups in total. The second kappa shape index (κ2) is 5.48. The molecule has 0 aliphatic rings. The first-order valence-electron chi connectivity index (χ1n) is 5.44. The molecule has 0 bridgehead atoms. The van der Waals surface area contributed by atoms with E-state index in [2.05, 4.69) is 21.6 Å². The number of nitrogens with one attached hydrogen (secondary N) is 1.